The largest absolute Gasteiger partial charge is 0.493 e. The average Bonchev–Trinajstić information content (AvgIpc) is 3.08. The molecule has 0 saturated heterocycles. The van der Waals surface area contributed by atoms with Gasteiger partial charge in [0.15, 0.2) is 17.7 Å². The van der Waals surface area contributed by atoms with Crippen molar-refractivity contribution in [3.8, 4) is 29.1 Å². The van der Waals surface area contributed by atoms with Gasteiger partial charge in [-0.15, -0.1) is 0 Å². The smallest absolute Gasteiger partial charge is 0.222 e. The molecular weight excluding hydrogens is 368 g/mol. The Hall–Kier alpha value is -3.50. The average molecular weight is 390 g/mol. The van der Waals surface area contributed by atoms with Crippen molar-refractivity contribution in [2.45, 2.75) is 19.1 Å². The van der Waals surface area contributed by atoms with E-state index in [1.165, 1.54) is 0 Å². The Labute approximate surface area is 169 Å². The van der Waals surface area contributed by atoms with Gasteiger partial charge in [-0.05, 0) is 36.8 Å². The molecule has 2 heterocycles. The van der Waals surface area contributed by atoms with E-state index in [-0.39, 0.29) is 5.92 Å². The van der Waals surface area contributed by atoms with Gasteiger partial charge in [-0.3, -0.25) is 5.73 Å². The predicted octanol–water partition coefficient (Wildman–Crippen LogP) is 3.15. The zero-order valence-electron chi connectivity index (χ0n) is 16.5. The van der Waals surface area contributed by atoms with Gasteiger partial charge < -0.3 is 14.2 Å². The first kappa shape index (κ1) is 18.8. The number of para-hydroxylation sites is 1. The molecule has 0 amide bonds. The third kappa shape index (κ3) is 3.08. The highest BCUT2D eigenvalue weighted by Gasteiger charge is 2.42. The fourth-order valence-corrected chi connectivity index (χ4v) is 3.87. The summed E-state index contributed by atoms with van der Waals surface area (Å²) < 4.78 is 18.6. The fourth-order valence-electron chi connectivity index (χ4n) is 3.87. The highest BCUT2D eigenvalue weighted by molar-refractivity contribution is 5.52. The summed E-state index contributed by atoms with van der Waals surface area (Å²) in [6.45, 7) is 1.92. The lowest BCUT2D eigenvalue weighted by atomic mass is 9.79. The van der Waals surface area contributed by atoms with Gasteiger partial charge in [-0.2, -0.15) is 10.4 Å². The molecule has 7 nitrogen and oxygen atoms in total. The molecule has 0 aliphatic carbocycles. The Morgan fingerprint density at radius 3 is 2.48 bits per heavy atom. The third-order valence-electron chi connectivity index (χ3n) is 5.25. The third-order valence-corrected chi connectivity index (χ3v) is 5.25. The van der Waals surface area contributed by atoms with Crippen molar-refractivity contribution >= 4 is 0 Å². The van der Waals surface area contributed by atoms with Crippen LogP contribution in [0.15, 0.2) is 48.5 Å². The van der Waals surface area contributed by atoms with Crippen molar-refractivity contribution < 1.29 is 14.2 Å². The van der Waals surface area contributed by atoms with Crippen LogP contribution in [0.1, 0.15) is 22.7 Å². The number of rotatable bonds is 4. The molecule has 3 aromatic rings. The highest BCUT2D eigenvalue weighted by Crippen LogP contribution is 2.46. The van der Waals surface area contributed by atoms with E-state index < -0.39 is 12.1 Å². The lowest BCUT2D eigenvalue weighted by Crippen LogP contribution is -2.42. The number of hydrogen-bond donors (Lipinski definition) is 1. The number of fused-ring (bicyclic) bond motifs is 1. The Balaban J connectivity index is 1.91. The van der Waals surface area contributed by atoms with E-state index in [2.05, 4.69) is 11.2 Å². The summed E-state index contributed by atoms with van der Waals surface area (Å²) in [6, 6.07) is 17.7. The summed E-state index contributed by atoms with van der Waals surface area (Å²) >= 11 is 0. The molecule has 4 rings (SSSR count). The fraction of sp³-hybridized carbons (Fsp3) is 0.273. The SMILES string of the molecule is COc1ccc(C2c3c(C)nn(-c4ccccc4)c3OC(N)C2C#N)cc1OC. The zero-order valence-corrected chi connectivity index (χ0v) is 16.5. The molecule has 3 unspecified atom stereocenters. The van der Waals surface area contributed by atoms with Crippen LogP contribution in [0.25, 0.3) is 5.69 Å². The molecule has 0 bridgehead atoms. The highest BCUT2D eigenvalue weighted by atomic mass is 16.5. The Morgan fingerprint density at radius 1 is 1.10 bits per heavy atom. The molecule has 0 fully saturated rings. The molecule has 29 heavy (non-hydrogen) atoms. The summed E-state index contributed by atoms with van der Waals surface area (Å²) in [5.41, 5.74) is 9.68. The number of methoxy groups -OCH3 is 2. The van der Waals surface area contributed by atoms with Crippen LogP contribution in [0, 0.1) is 24.2 Å². The van der Waals surface area contributed by atoms with E-state index in [9.17, 15) is 5.26 Å². The molecule has 0 radical (unpaired) electrons. The van der Waals surface area contributed by atoms with Gasteiger partial charge in [-0.1, -0.05) is 24.3 Å². The van der Waals surface area contributed by atoms with Crippen molar-refractivity contribution in [3.05, 3.63) is 65.4 Å². The number of aryl methyl sites for hydroxylation is 1. The molecule has 7 heteroatoms. The van der Waals surface area contributed by atoms with Gasteiger partial charge in [0, 0.05) is 11.5 Å². The summed E-state index contributed by atoms with van der Waals surface area (Å²) in [6.07, 6.45) is -0.788. The second kappa shape index (κ2) is 7.49. The van der Waals surface area contributed by atoms with Crippen LogP contribution >= 0.6 is 0 Å². The van der Waals surface area contributed by atoms with Crippen molar-refractivity contribution in [1.29, 1.82) is 5.26 Å². The Morgan fingerprint density at radius 2 is 1.83 bits per heavy atom. The Kier molecular flexibility index (Phi) is 4.87. The second-order valence-electron chi connectivity index (χ2n) is 6.88. The van der Waals surface area contributed by atoms with Crippen molar-refractivity contribution in [1.82, 2.24) is 9.78 Å². The first-order valence-electron chi connectivity index (χ1n) is 9.27. The lowest BCUT2D eigenvalue weighted by molar-refractivity contribution is 0.125. The minimum Gasteiger partial charge on any atom is -0.493 e. The van der Waals surface area contributed by atoms with Gasteiger partial charge in [0.2, 0.25) is 5.88 Å². The number of nitrogens with zero attached hydrogens (tertiary/aromatic N) is 3. The number of aromatic nitrogens is 2. The summed E-state index contributed by atoms with van der Waals surface area (Å²) in [7, 11) is 3.18. The molecule has 1 aromatic heterocycles. The minimum absolute atomic E-state index is 0.309. The van der Waals surface area contributed by atoms with Crippen LogP contribution in [0.2, 0.25) is 0 Å². The maximum atomic E-state index is 9.87. The molecule has 2 aromatic carbocycles. The van der Waals surface area contributed by atoms with Crippen molar-refractivity contribution in [3.63, 3.8) is 0 Å². The molecule has 3 atom stereocenters. The quantitative estimate of drug-likeness (QED) is 0.735. The van der Waals surface area contributed by atoms with E-state index in [1.54, 1.807) is 18.9 Å². The Bertz CT molecular complexity index is 1070. The predicted molar refractivity (Wildman–Crippen MR) is 107 cm³/mol. The standard InChI is InChI=1S/C22H22N4O3/c1-13-19-20(14-9-10-17(27-2)18(11-14)28-3)16(12-23)21(24)29-22(19)26(25-13)15-7-5-4-6-8-15/h4-11,16,20-21H,24H2,1-3H3. The van der Waals surface area contributed by atoms with Crippen molar-refractivity contribution in [2.24, 2.45) is 11.7 Å². The van der Waals surface area contributed by atoms with Crippen LogP contribution in [0.3, 0.4) is 0 Å². The zero-order chi connectivity index (χ0) is 20.5. The minimum atomic E-state index is -0.788. The van der Waals surface area contributed by atoms with Crippen LogP contribution < -0.4 is 19.9 Å². The van der Waals surface area contributed by atoms with Gasteiger partial charge >= 0.3 is 0 Å². The molecule has 1 aliphatic rings. The normalized spacial score (nSPS) is 20.3. The maximum Gasteiger partial charge on any atom is 0.222 e. The molecule has 0 saturated carbocycles. The maximum absolute atomic E-state index is 9.87. The summed E-state index contributed by atoms with van der Waals surface area (Å²) in [4.78, 5) is 0. The first-order chi connectivity index (χ1) is 14.1. The van der Waals surface area contributed by atoms with E-state index in [0.717, 1.165) is 22.5 Å². The second-order valence-corrected chi connectivity index (χ2v) is 6.88. The first-order valence-corrected chi connectivity index (χ1v) is 9.27. The van der Waals surface area contributed by atoms with Gasteiger partial charge in [0.25, 0.3) is 0 Å². The van der Waals surface area contributed by atoms with E-state index >= 15 is 0 Å². The van der Waals surface area contributed by atoms with Crippen LogP contribution in [0.5, 0.6) is 17.4 Å². The van der Waals surface area contributed by atoms with E-state index in [0.29, 0.717) is 17.4 Å². The number of nitrogens with two attached hydrogens (primary N) is 1. The monoisotopic (exact) mass is 390 g/mol. The van der Waals surface area contributed by atoms with E-state index in [1.807, 2.05) is 55.5 Å². The number of nitriles is 1. The van der Waals surface area contributed by atoms with E-state index in [4.69, 9.17) is 19.9 Å². The van der Waals surface area contributed by atoms with Gasteiger partial charge in [0.1, 0.15) is 5.92 Å². The molecule has 148 valence electrons. The van der Waals surface area contributed by atoms with Crippen LogP contribution in [0.4, 0.5) is 0 Å². The van der Waals surface area contributed by atoms with Crippen molar-refractivity contribution in [2.75, 3.05) is 14.2 Å². The number of benzene rings is 2. The van der Waals surface area contributed by atoms with Crippen LogP contribution in [-0.2, 0) is 0 Å². The lowest BCUT2D eigenvalue weighted by Gasteiger charge is -2.33. The number of ether oxygens (including phenoxy) is 3. The summed E-state index contributed by atoms with van der Waals surface area (Å²) in [5, 5.41) is 14.6. The molecule has 1 aliphatic heterocycles. The molecule has 0 spiro atoms. The van der Waals surface area contributed by atoms with Crippen LogP contribution in [-0.4, -0.2) is 30.2 Å². The van der Waals surface area contributed by atoms with Gasteiger partial charge in [-0.25, -0.2) is 4.68 Å². The number of hydrogen-bond acceptors (Lipinski definition) is 6. The van der Waals surface area contributed by atoms with Gasteiger partial charge in [0.05, 0.1) is 31.7 Å². The molecular formula is C22H22N4O3. The topological polar surface area (TPSA) is 95.3 Å². The molecule has 2 N–H and O–H groups in total. The summed E-state index contributed by atoms with van der Waals surface area (Å²) in [5.74, 6) is 0.894.